The second-order valence-corrected chi connectivity index (χ2v) is 7.46. The molecule has 3 heterocycles. The Morgan fingerprint density at radius 2 is 2.00 bits per heavy atom. The molecule has 6 heteroatoms. The highest BCUT2D eigenvalue weighted by Crippen LogP contribution is 2.31. The number of pyridine rings is 1. The van der Waals surface area contributed by atoms with E-state index in [0.717, 1.165) is 33.3 Å². The second-order valence-electron chi connectivity index (χ2n) is 7.46. The van der Waals surface area contributed by atoms with Gasteiger partial charge >= 0.3 is 0 Å². The molecule has 2 aromatic heterocycles. The molecule has 5 nitrogen and oxygen atoms in total. The van der Waals surface area contributed by atoms with Gasteiger partial charge < -0.3 is 4.90 Å². The van der Waals surface area contributed by atoms with Gasteiger partial charge in [-0.2, -0.15) is 5.10 Å². The molecule has 5 rings (SSSR count). The topological polar surface area (TPSA) is 51.0 Å². The molecule has 2 aromatic carbocycles. The van der Waals surface area contributed by atoms with Gasteiger partial charge in [-0.25, -0.2) is 4.39 Å². The molecule has 0 unspecified atom stereocenters. The number of carbonyl (C=O) groups is 1. The first-order chi connectivity index (χ1) is 14.0. The molecule has 1 aliphatic rings. The summed E-state index contributed by atoms with van der Waals surface area (Å²) < 4.78 is 15.7. The number of hydrogen-bond acceptors (Lipinski definition) is 3. The largest absolute Gasteiger partial charge is 0.328 e. The van der Waals surface area contributed by atoms with E-state index < -0.39 is 0 Å². The molecule has 0 radical (unpaired) electrons. The fourth-order valence-corrected chi connectivity index (χ4v) is 3.99. The first-order valence-corrected chi connectivity index (χ1v) is 9.46. The molecular formula is C23H19FN4O. The normalized spacial score (nSPS) is 13.3. The maximum absolute atomic E-state index is 14.1. The van der Waals surface area contributed by atoms with Crippen LogP contribution in [-0.4, -0.2) is 25.6 Å². The molecule has 1 amide bonds. The third-order valence-electron chi connectivity index (χ3n) is 5.50. The van der Waals surface area contributed by atoms with Crippen molar-refractivity contribution in [1.82, 2.24) is 19.7 Å². The third kappa shape index (κ3) is 2.88. The van der Waals surface area contributed by atoms with E-state index in [-0.39, 0.29) is 11.7 Å². The van der Waals surface area contributed by atoms with Gasteiger partial charge in [-0.3, -0.25) is 14.5 Å². The van der Waals surface area contributed by atoms with Gasteiger partial charge in [-0.05, 0) is 47.4 Å². The van der Waals surface area contributed by atoms with Gasteiger partial charge in [0, 0.05) is 31.4 Å². The van der Waals surface area contributed by atoms with Crippen molar-refractivity contribution in [2.24, 2.45) is 7.05 Å². The number of fused-ring (bicyclic) bond motifs is 2. The Morgan fingerprint density at radius 3 is 2.79 bits per heavy atom. The highest BCUT2D eigenvalue weighted by atomic mass is 19.1. The van der Waals surface area contributed by atoms with Crippen LogP contribution in [0.1, 0.15) is 27.2 Å². The average Bonchev–Trinajstić information content (AvgIpc) is 3.25. The summed E-state index contributed by atoms with van der Waals surface area (Å²) in [5.74, 6) is -0.300. The lowest BCUT2D eigenvalue weighted by Crippen LogP contribution is -2.23. The van der Waals surface area contributed by atoms with Gasteiger partial charge in [0.15, 0.2) is 5.82 Å². The van der Waals surface area contributed by atoms with E-state index in [2.05, 4.69) is 16.1 Å². The molecule has 0 fully saturated rings. The standard InChI is InChI=1S/C23H19FN4O/c1-14-10-15(17-7-8-20(24)22-19(17)12-27(2)26-22)5-6-16(14)11-28-13-21-18(23(28)29)4-3-9-25-21/h3-10,12H,11,13H2,1-2H3. The Balaban J connectivity index is 1.46. The van der Waals surface area contributed by atoms with Crippen LogP contribution in [0.2, 0.25) is 0 Å². The van der Waals surface area contributed by atoms with Crippen molar-refractivity contribution in [2.75, 3.05) is 0 Å². The Kier molecular flexibility index (Phi) is 3.94. The molecule has 0 saturated carbocycles. The molecule has 0 atom stereocenters. The van der Waals surface area contributed by atoms with Crippen LogP contribution in [0.25, 0.3) is 22.0 Å². The molecule has 0 spiro atoms. The molecule has 1 aliphatic heterocycles. The lowest BCUT2D eigenvalue weighted by molar-refractivity contribution is 0.0766. The van der Waals surface area contributed by atoms with Crippen LogP contribution >= 0.6 is 0 Å². The van der Waals surface area contributed by atoms with E-state index in [0.29, 0.717) is 24.2 Å². The van der Waals surface area contributed by atoms with Crippen LogP contribution in [0.15, 0.2) is 54.9 Å². The van der Waals surface area contributed by atoms with Crippen molar-refractivity contribution in [3.8, 4) is 11.1 Å². The van der Waals surface area contributed by atoms with Crippen molar-refractivity contribution in [1.29, 1.82) is 0 Å². The minimum absolute atomic E-state index is 0.0205. The van der Waals surface area contributed by atoms with Crippen LogP contribution in [0.3, 0.4) is 0 Å². The van der Waals surface area contributed by atoms with Gasteiger partial charge in [-0.15, -0.1) is 0 Å². The Bertz CT molecular complexity index is 1280. The van der Waals surface area contributed by atoms with Gasteiger partial charge in [0.05, 0.1) is 17.8 Å². The number of halogens is 1. The number of hydrogen-bond donors (Lipinski definition) is 0. The summed E-state index contributed by atoms with van der Waals surface area (Å²) in [7, 11) is 1.79. The summed E-state index contributed by atoms with van der Waals surface area (Å²) in [4.78, 5) is 18.8. The number of benzene rings is 2. The Morgan fingerprint density at radius 1 is 1.14 bits per heavy atom. The maximum atomic E-state index is 14.1. The smallest absolute Gasteiger partial charge is 0.256 e. The molecule has 0 saturated heterocycles. The lowest BCUT2D eigenvalue weighted by Gasteiger charge is -2.17. The predicted octanol–water partition coefficient (Wildman–Crippen LogP) is 4.24. The van der Waals surface area contributed by atoms with Crippen molar-refractivity contribution in [3.63, 3.8) is 0 Å². The molecule has 4 aromatic rings. The van der Waals surface area contributed by atoms with Crippen LogP contribution < -0.4 is 0 Å². The van der Waals surface area contributed by atoms with Crippen molar-refractivity contribution in [2.45, 2.75) is 20.0 Å². The van der Waals surface area contributed by atoms with E-state index in [9.17, 15) is 9.18 Å². The zero-order valence-electron chi connectivity index (χ0n) is 16.2. The molecular weight excluding hydrogens is 367 g/mol. The molecule has 144 valence electrons. The van der Waals surface area contributed by atoms with Crippen molar-refractivity contribution in [3.05, 3.63) is 83.1 Å². The summed E-state index contributed by atoms with van der Waals surface area (Å²) in [6, 6.07) is 13.0. The number of rotatable bonds is 3. The fourth-order valence-electron chi connectivity index (χ4n) is 3.99. The average molecular weight is 386 g/mol. The molecule has 0 aliphatic carbocycles. The summed E-state index contributed by atoms with van der Waals surface area (Å²) in [6.07, 6.45) is 3.56. The van der Waals surface area contributed by atoms with E-state index in [1.807, 2.05) is 36.2 Å². The number of nitrogens with zero attached hydrogens (tertiary/aromatic N) is 4. The molecule has 29 heavy (non-hydrogen) atoms. The number of carbonyl (C=O) groups excluding carboxylic acids is 1. The quantitative estimate of drug-likeness (QED) is 0.529. The number of aryl methyl sites for hydroxylation is 2. The van der Waals surface area contributed by atoms with Crippen LogP contribution in [-0.2, 0) is 20.1 Å². The fraction of sp³-hybridized carbons (Fsp3) is 0.174. The monoisotopic (exact) mass is 386 g/mol. The van der Waals surface area contributed by atoms with Crippen molar-refractivity contribution < 1.29 is 9.18 Å². The summed E-state index contributed by atoms with van der Waals surface area (Å²) >= 11 is 0. The number of amides is 1. The van der Waals surface area contributed by atoms with Gasteiger partial charge in [0.2, 0.25) is 0 Å². The zero-order chi connectivity index (χ0) is 20.1. The minimum atomic E-state index is -0.321. The SMILES string of the molecule is Cc1cc(-c2ccc(F)c3nn(C)cc23)ccc1CN1Cc2ncccc2C1=O. The van der Waals surface area contributed by atoms with Gasteiger partial charge in [0.25, 0.3) is 5.91 Å². The van der Waals surface area contributed by atoms with E-state index >= 15 is 0 Å². The maximum Gasteiger partial charge on any atom is 0.256 e. The first kappa shape index (κ1) is 17.6. The Hall–Kier alpha value is -3.54. The lowest BCUT2D eigenvalue weighted by atomic mass is 9.97. The highest BCUT2D eigenvalue weighted by Gasteiger charge is 2.28. The van der Waals surface area contributed by atoms with Gasteiger partial charge in [0.1, 0.15) is 5.52 Å². The predicted molar refractivity (Wildman–Crippen MR) is 109 cm³/mol. The third-order valence-corrected chi connectivity index (χ3v) is 5.50. The van der Waals surface area contributed by atoms with E-state index in [4.69, 9.17) is 0 Å². The van der Waals surface area contributed by atoms with Crippen LogP contribution in [0, 0.1) is 12.7 Å². The van der Waals surface area contributed by atoms with Crippen LogP contribution in [0.4, 0.5) is 4.39 Å². The summed E-state index contributed by atoms with van der Waals surface area (Å²) in [6.45, 7) is 3.10. The zero-order valence-corrected chi connectivity index (χ0v) is 16.2. The Labute approximate surface area is 167 Å². The van der Waals surface area contributed by atoms with E-state index in [1.54, 1.807) is 30.1 Å². The summed E-state index contributed by atoms with van der Waals surface area (Å²) in [5, 5.41) is 5.01. The van der Waals surface area contributed by atoms with Gasteiger partial charge in [-0.1, -0.05) is 24.3 Å². The highest BCUT2D eigenvalue weighted by molar-refractivity contribution is 5.98. The van der Waals surface area contributed by atoms with Crippen LogP contribution in [0.5, 0.6) is 0 Å². The number of aromatic nitrogens is 3. The second kappa shape index (κ2) is 6.51. The molecule has 0 bridgehead atoms. The summed E-state index contributed by atoms with van der Waals surface area (Å²) in [5.41, 5.74) is 6.00. The first-order valence-electron chi connectivity index (χ1n) is 9.46. The van der Waals surface area contributed by atoms with Crippen molar-refractivity contribution >= 4 is 16.8 Å². The minimum Gasteiger partial charge on any atom is -0.328 e. The van der Waals surface area contributed by atoms with E-state index in [1.165, 1.54) is 6.07 Å². The molecule has 0 N–H and O–H groups in total.